The van der Waals surface area contributed by atoms with Gasteiger partial charge in [-0.2, -0.15) is 0 Å². The van der Waals surface area contributed by atoms with Crippen LogP contribution in [0, 0.1) is 11.6 Å². The molecule has 5 nitrogen and oxygen atoms in total. The maximum absolute atomic E-state index is 13.4. The first-order chi connectivity index (χ1) is 9.19. The summed E-state index contributed by atoms with van der Waals surface area (Å²) >= 11 is 0. The van der Waals surface area contributed by atoms with Crippen molar-refractivity contribution in [3.63, 3.8) is 0 Å². The van der Waals surface area contributed by atoms with Gasteiger partial charge in [-0.25, -0.2) is 14.6 Å². The Morgan fingerprint density at radius 3 is 2.89 bits per heavy atom. The smallest absolute Gasteiger partial charge is 0.210 e. The normalized spacial score (nSPS) is 11.5. The molecule has 0 aliphatic heterocycles. The molecule has 1 aromatic rings. The zero-order chi connectivity index (χ0) is 14.1. The van der Waals surface area contributed by atoms with Crippen molar-refractivity contribution < 1.29 is 13.5 Å². The van der Waals surface area contributed by atoms with Gasteiger partial charge in [-0.3, -0.25) is 10.4 Å². The fraction of sp³-hybridized carbons (Fsp3) is 0.417. The van der Waals surface area contributed by atoms with E-state index in [9.17, 15) is 8.78 Å². The second kappa shape index (κ2) is 8.39. The number of rotatable bonds is 6. The van der Waals surface area contributed by atoms with E-state index in [2.05, 4.69) is 15.7 Å². The van der Waals surface area contributed by atoms with Gasteiger partial charge in [-0.05, 0) is 25.5 Å². The van der Waals surface area contributed by atoms with Crippen LogP contribution >= 0.6 is 0 Å². The van der Waals surface area contributed by atoms with Crippen molar-refractivity contribution in [3.8, 4) is 0 Å². The predicted octanol–water partition coefficient (Wildman–Crippen LogP) is 1.62. The molecule has 1 rings (SSSR count). The van der Waals surface area contributed by atoms with E-state index in [-0.39, 0.29) is 11.6 Å². The highest BCUT2D eigenvalue weighted by atomic mass is 19.2. The van der Waals surface area contributed by atoms with Gasteiger partial charge in [-0.1, -0.05) is 6.07 Å². The lowest BCUT2D eigenvalue weighted by Gasteiger charge is -2.10. The van der Waals surface area contributed by atoms with Crippen LogP contribution in [-0.4, -0.2) is 25.7 Å². The summed E-state index contributed by atoms with van der Waals surface area (Å²) in [5, 5.41) is 2.59. The number of anilines is 1. The Morgan fingerprint density at radius 2 is 2.21 bits per heavy atom. The highest BCUT2D eigenvalue weighted by Crippen LogP contribution is 2.16. The second-order valence-corrected chi connectivity index (χ2v) is 3.65. The van der Waals surface area contributed by atoms with E-state index in [4.69, 9.17) is 10.6 Å². The topological polar surface area (TPSA) is 71.7 Å². The molecule has 0 spiro atoms. The Morgan fingerprint density at radius 1 is 1.42 bits per heavy atom. The molecule has 0 aromatic heterocycles. The lowest BCUT2D eigenvalue weighted by atomic mass is 10.3. The number of hydrazine groups is 1. The lowest BCUT2D eigenvalue weighted by molar-refractivity contribution is 0.146. The van der Waals surface area contributed by atoms with Gasteiger partial charge in [0.05, 0.1) is 5.69 Å². The zero-order valence-electron chi connectivity index (χ0n) is 10.7. The van der Waals surface area contributed by atoms with Crippen molar-refractivity contribution in [1.29, 1.82) is 0 Å². The number of aliphatic imine (C=N–C) groups is 1. The van der Waals surface area contributed by atoms with Crippen molar-refractivity contribution >= 4 is 11.6 Å². The third-order valence-electron chi connectivity index (χ3n) is 2.26. The van der Waals surface area contributed by atoms with Gasteiger partial charge in [0.15, 0.2) is 11.6 Å². The average Bonchev–Trinajstić information content (AvgIpc) is 2.42. The Hall–Kier alpha value is -1.73. The molecule has 0 radical (unpaired) electrons. The van der Waals surface area contributed by atoms with E-state index in [1.165, 1.54) is 12.1 Å². The van der Waals surface area contributed by atoms with Crippen LogP contribution < -0.4 is 16.6 Å². The summed E-state index contributed by atoms with van der Waals surface area (Å²) in [6, 6.07) is 3.82. The summed E-state index contributed by atoms with van der Waals surface area (Å²) in [5.41, 5.74) is 2.27. The highest BCUT2D eigenvalue weighted by Gasteiger charge is 2.08. The predicted molar refractivity (Wildman–Crippen MR) is 70.7 cm³/mol. The van der Waals surface area contributed by atoms with E-state index in [0.29, 0.717) is 26.2 Å². The van der Waals surface area contributed by atoms with Crippen molar-refractivity contribution in [2.45, 2.75) is 13.3 Å². The molecular weight excluding hydrogens is 254 g/mol. The number of benzene rings is 1. The SMILES string of the molecule is CCOCCCN=C(NN)Nc1cccc(F)c1F. The molecule has 0 fully saturated rings. The number of guanidine groups is 1. The minimum absolute atomic E-state index is 0.0264. The van der Waals surface area contributed by atoms with Crippen LogP contribution in [0.4, 0.5) is 14.5 Å². The van der Waals surface area contributed by atoms with E-state index in [1.807, 2.05) is 6.92 Å². The number of halogens is 2. The van der Waals surface area contributed by atoms with Crippen LogP contribution in [0.25, 0.3) is 0 Å². The van der Waals surface area contributed by atoms with Crippen molar-refractivity contribution in [2.24, 2.45) is 10.8 Å². The second-order valence-electron chi connectivity index (χ2n) is 3.65. The van der Waals surface area contributed by atoms with Gasteiger partial charge in [0, 0.05) is 19.8 Å². The number of ether oxygens (including phenoxy) is 1. The summed E-state index contributed by atoms with van der Waals surface area (Å²) in [7, 11) is 0. The Bertz CT molecular complexity index is 426. The monoisotopic (exact) mass is 272 g/mol. The van der Waals surface area contributed by atoms with Crippen molar-refractivity contribution in [2.75, 3.05) is 25.1 Å². The molecule has 0 atom stereocenters. The molecule has 0 aliphatic carbocycles. The maximum atomic E-state index is 13.4. The molecule has 1 aromatic carbocycles. The molecule has 0 heterocycles. The van der Waals surface area contributed by atoms with Crippen LogP contribution in [0.3, 0.4) is 0 Å². The van der Waals surface area contributed by atoms with E-state index < -0.39 is 11.6 Å². The number of nitrogens with one attached hydrogen (secondary N) is 2. The molecule has 0 bridgehead atoms. The zero-order valence-corrected chi connectivity index (χ0v) is 10.7. The van der Waals surface area contributed by atoms with Gasteiger partial charge in [-0.15, -0.1) is 0 Å². The van der Waals surface area contributed by atoms with Crippen LogP contribution in [0.15, 0.2) is 23.2 Å². The molecule has 0 aliphatic rings. The first-order valence-corrected chi connectivity index (χ1v) is 5.98. The van der Waals surface area contributed by atoms with Gasteiger partial charge in [0.1, 0.15) is 0 Å². The quantitative estimate of drug-likeness (QED) is 0.242. The molecule has 106 valence electrons. The number of nitrogens with zero attached hydrogens (tertiary/aromatic N) is 1. The molecule has 0 amide bonds. The average molecular weight is 272 g/mol. The number of nitrogens with two attached hydrogens (primary N) is 1. The molecule has 0 unspecified atom stereocenters. The summed E-state index contributed by atoms with van der Waals surface area (Å²) in [6.45, 7) is 3.61. The van der Waals surface area contributed by atoms with Gasteiger partial charge < -0.3 is 10.1 Å². The fourth-order valence-corrected chi connectivity index (χ4v) is 1.35. The fourth-order valence-electron chi connectivity index (χ4n) is 1.35. The standard InChI is InChI=1S/C12H18F2N4O/c1-2-19-8-4-7-16-12(18-15)17-10-6-3-5-9(13)11(10)14/h3,5-6H,2,4,7-8,15H2,1H3,(H2,16,17,18). The van der Waals surface area contributed by atoms with Crippen LogP contribution in [0.5, 0.6) is 0 Å². The number of hydrogen-bond acceptors (Lipinski definition) is 3. The summed E-state index contributed by atoms with van der Waals surface area (Å²) in [4.78, 5) is 4.08. The third kappa shape index (κ3) is 5.19. The molecular formula is C12H18F2N4O. The highest BCUT2D eigenvalue weighted by molar-refractivity contribution is 5.93. The Balaban J connectivity index is 2.56. The van der Waals surface area contributed by atoms with Crippen molar-refractivity contribution in [3.05, 3.63) is 29.8 Å². The Kier molecular flexibility index (Phi) is 6.76. The van der Waals surface area contributed by atoms with Crippen molar-refractivity contribution in [1.82, 2.24) is 5.43 Å². The van der Waals surface area contributed by atoms with Gasteiger partial charge in [0.25, 0.3) is 0 Å². The molecule has 7 heteroatoms. The minimum Gasteiger partial charge on any atom is -0.382 e. The first-order valence-electron chi connectivity index (χ1n) is 5.98. The van der Waals surface area contributed by atoms with Crippen LogP contribution in [0.1, 0.15) is 13.3 Å². The molecule has 19 heavy (non-hydrogen) atoms. The van der Waals surface area contributed by atoms with Gasteiger partial charge >= 0.3 is 0 Å². The summed E-state index contributed by atoms with van der Waals surface area (Å²) < 4.78 is 31.6. The van der Waals surface area contributed by atoms with Crippen LogP contribution in [0.2, 0.25) is 0 Å². The largest absolute Gasteiger partial charge is 0.382 e. The molecule has 4 N–H and O–H groups in total. The summed E-state index contributed by atoms with van der Waals surface area (Å²) in [5.74, 6) is 3.52. The molecule has 0 saturated heterocycles. The Labute approximate surface area is 110 Å². The first kappa shape index (κ1) is 15.3. The van der Waals surface area contributed by atoms with E-state index >= 15 is 0 Å². The number of hydrogen-bond donors (Lipinski definition) is 3. The van der Waals surface area contributed by atoms with E-state index in [0.717, 1.165) is 6.07 Å². The lowest BCUT2D eigenvalue weighted by Crippen LogP contribution is -2.36. The molecule has 0 saturated carbocycles. The minimum atomic E-state index is -0.972. The summed E-state index contributed by atoms with van der Waals surface area (Å²) in [6.07, 6.45) is 0.715. The van der Waals surface area contributed by atoms with Crippen LogP contribution in [-0.2, 0) is 4.74 Å². The van der Waals surface area contributed by atoms with E-state index in [1.54, 1.807) is 0 Å². The third-order valence-corrected chi connectivity index (χ3v) is 2.26. The maximum Gasteiger partial charge on any atom is 0.210 e. The van der Waals surface area contributed by atoms with Gasteiger partial charge in [0.2, 0.25) is 5.96 Å².